The summed E-state index contributed by atoms with van der Waals surface area (Å²) < 4.78 is 0. The van der Waals surface area contributed by atoms with Gasteiger partial charge < -0.3 is 5.32 Å². The fourth-order valence-electron chi connectivity index (χ4n) is 1.33. The zero-order valence-electron chi connectivity index (χ0n) is 8.42. The minimum Gasteiger partial charge on any atom is -0.348 e. The van der Waals surface area contributed by atoms with Crippen molar-refractivity contribution in [3.05, 3.63) is 48.0 Å². The molecule has 0 saturated carbocycles. The van der Waals surface area contributed by atoms with Crippen molar-refractivity contribution in [2.75, 3.05) is 0 Å². The van der Waals surface area contributed by atoms with Gasteiger partial charge in [-0.2, -0.15) is 0 Å². The highest BCUT2D eigenvalue weighted by molar-refractivity contribution is 5.86. The first-order valence-electron chi connectivity index (χ1n) is 4.75. The van der Waals surface area contributed by atoms with Gasteiger partial charge in [0.15, 0.2) is 0 Å². The molecule has 0 atom stereocenters. The topological polar surface area (TPSA) is 29.1 Å². The average Bonchev–Trinajstić information content (AvgIpc) is 2.26. The predicted octanol–water partition coefficient (Wildman–Crippen LogP) is 2.05. The lowest BCUT2D eigenvalue weighted by molar-refractivity contribution is -0.116. The third-order valence-electron chi connectivity index (χ3n) is 2.14. The highest BCUT2D eigenvalue weighted by Gasteiger charge is 2.00. The number of aryl methyl sites for hydroxylation is 1. The van der Waals surface area contributed by atoms with Crippen LogP contribution in [0.2, 0.25) is 0 Å². The zero-order valence-corrected chi connectivity index (χ0v) is 8.42. The van der Waals surface area contributed by atoms with Crippen molar-refractivity contribution in [2.45, 2.75) is 19.9 Å². The lowest BCUT2D eigenvalue weighted by Gasteiger charge is -2.07. The van der Waals surface area contributed by atoms with E-state index in [-0.39, 0.29) is 5.91 Å². The van der Waals surface area contributed by atoms with E-state index >= 15 is 0 Å². The molecule has 1 N–H and O–H groups in total. The third-order valence-corrected chi connectivity index (χ3v) is 2.14. The van der Waals surface area contributed by atoms with Gasteiger partial charge in [0.1, 0.15) is 0 Å². The van der Waals surface area contributed by atoms with Crippen LogP contribution in [0.1, 0.15) is 18.1 Å². The maximum atomic E-state index is 11.0. The predicted molar refractivity (Wildman–Crippen MR) is 57.9 cm³/mol. The highest BCUT2D eigenvalue weighted by Crippen LogP contribution is 2.08. The van der Waals surface area contributed by atoms with Gasteiger partial charge in [-0.05, 0) is 23.6 Å². The monoisotopic (exact) mass is 189 g/mol. The van der Waals surface area contributed by atoms with Gasteiger partial charge in [-0.25, -0.2) is 0 Å². The second-order valence-corrected chi connectivity index (χ2v) is 3.04. The molecule has 1 aromatic rings. The van der Waals surface area contributed by atoms with Crippen LogP contribution in [0.3, 0.4) is 0 Å². The van der Waals surface area contributed by atoms with Gasteiger partial charge in [-0.15, -0.1) is 0 Å². The number of amides is 1. The molecule has 0 aliphatic heterocycles. The summed E-state index contributed by atoms with van der Waals surface area (Å²) in [6.45, 7) is 6.09. The number of hydrogen-bond donors (Lipinski definition) is 1. The van der Waals surface area contributed by atoms with E-state index in [2.05, 4.69) is 24.9 Å². The van der Waals surface area contributed by atoms with Crippen molar-refractivity contribution in [3.8, 4) is 0 Å². The second kappa shape index (κ2) is 5.22. The fourth-order valence-corrected chi connectivity index (χ4v) is 1.33. The van der Waals surface area contributed by atoms with E-state index in [0.717, 1.165) is 6.42 Å². The maximum absolute atomic E-state index is 11.0. The maximum Gasteiger partial charge on any atom is 0.243 e. The Balaban J connectivity index is 2.66. The molecule has 14 heavy (non-hydrogen) atoms. The van der Waals surface area contributed by atoms with Crippen LogP contribution < -0.4 is 5.32 Å². The van der Waals surface area contributed by atoms with Crippen molar-refractivity contribution in [3.63, 3.8) is 0 Å². The Kier molecular flexibility index (Phi) is 3.92. The van der Waals surface area contributed by atoms with E-state index in [1.807, 2.05) is 18.2 Å². The van der Waals surface area contributed by atoms with Gasteiger partial charge in [-0.3, -0.25) is 4.79 Å². The van der Waals surface area contributed by atoms with Crippen molar-refractivity contribution in [1.82, 2.24) is 5.32 Å². The summed E-state index contributed by atoms with van der Waals surface area (Å²) in [5.41, 5.74) is 2.45. The molecule has 1 aromatic carbocycles. The lowest BCUT2D eigenvalue weighted by atomic mass is 10.1. The summed E-state index contributed by atoms with van der Waals surface area (Å²) in [7, 11) is 0. The van der Waals surface area contributed by atoms with Gasteiger partial charge in [0, 0.05) is 6.54 Å². The van der Waals surface area contributed by atoms with Crippen LogP contribution in [0.5, 0.6) is 0 Å². The highest BCUT2D eigenvalue weighted by atomic mass is 16.1. The first kappa shape index (κ1) is 10.5. The van der Waals surface area contributed by atoms with Crippen molar-refractivity contribution < 1.29 is 4.79 Å². The van der Waals surface area contributed by atoms with E-state index in [1.165, 1.54) is 17.2 Å². The summed E-state index contributed by atoms with van der Waals surface area (Å²) >= 11 is 0. The van der Waals surface area contributed by atoms with Gasteiger partial charge in [0.2, 0.25) is 5.91 Å². The number of carbonyl (C=O) groups is 1. The lowest BCUT2D eigenvalue weighted by Crippen LogP contribution is -2.20. The minimum atomic E-state index is -0.129. The quantitative estimate of drug-likeness (QED) is 0.722. The van der Waals surface area contributed by atoms with E-state index < -0.39 is 0 Å². The van der Waals surface area contributed by atoms with Crippen LogP contribution in [0.4, 0.5) is 0 Å². The molecule has 2 heteroatoms. The van der Waals surface area contributed by atoms with E-state index in [1.54, 1.807) is 0 Å². The fraction of sp³-hybridized carbons (Fsp3) is 0.250. The van der Waals surface area contributed by atoms with Crippen molar-refractivity contribution in [1.29, 1.82) is 0 Å². The zero-order chi connectivity index (χ0) is 10.4. The van der Waals surface area contributed by atoms with Crippen LogP contribution in [-0.2, 0) is 17.8 Å². The number of rotatable bonds is 4. The number of nitrogens with one attached hydrogen (secondary N) is 1. The Hall–Kier alpha value is -1.57. The average molecular weight is 189 g/mol. The van der Waals surface area contributed by atoms with Gasteiger partial charge >= 0.3 is 0 Å². The molecular weight excluding hydrogens is 174 g/mol. The smallest absolute Gasteiger partial charge is 0.243 e. The first-order valence-corrected chi connectivity index (χ1v) is 4.75. The molecule has 0 unspecified atom stereocenters. The molecule has 74 valence electrons. The van der Waals surface area contributed by atoms with Crippen LogP contribution >= 0.6 is 0 Å². The Morgan fingerprint density at radius 1 is 1.43 bits per heavy atom. The van der Waals surface area contributed by atoms with Gasteiger partial charge in [0.25, 0.3) is 0 Å². The van der Waals surface area contributed by atoms with Crippen molar-refractivity contribution in [2.24, 2.45) is 0 Å². The molecule has 1 amide bonds. The summed E-state index contributed by atoms with van der Waals surface area (Å²) in [5.74, 6) is -0.129. The number of hydrogen-bond acceptors (Lipinski definition) is 1. The van der Waals surface area contributed by atoms with Crippen LogP contribution in [0.15, 0.2) is 36.9 Å². The summed E-state index contributed by atoms with van der Waals surface area (Å²) in [4.78, 5) is 11.0. The Morgan fingerprint density at radius 3 is 2.64 bits per heavy atom. The molecule has 0 heterocycles. The Morgan fingerprint density at radius 2 is 2.07 bits per heavy atom. The van der Waals surface area contributed by atoms with E-state index in [0.29, 0.717) is 6.54 Å². The molecule has 0 spiro atoms. The Labute approximate surface area is 84.6 Å². The van der Waals surface area contributed by atoms with Crippen LogP contribution in [0, 0.1) is 0 Å². The SMILES string of the molecule is C=CC(=O)NCc1ccccc1CC. The summed E-state index contributed by atoms with van der Waals surface area (Å²) in [6.07, 6.45) is 2.27. The van der Waals surface area contributed by atoms with E-state index in [9.17, 15) is 4.79 Å². The molecule has 0 aromatic heterocycles. The number of benzene rings is 1. The molecule has 0 fully saturated rings. The van der Waals surface area contributed by atoms with Gasteiger partial charge in [0.05, 0.1) is 0 Å². The molecule has 0 bridgehead atoms. The second-order valence-electron chi connectivity index (χ2n) is 3.04. The van der Waals surface area contributed by atoms with E-state index in [4.69, 9.17) is 0 Å². The summed E-state index contributed by atoms with van der Waals surface area (Å²) in [6, 6.07) is 8.10. The molecule has 0 aliphatic rings. The van der Waals surface area contributed by atoms with Crippen LogP contribution in [0.25, 0.3) is 0 Å². The molecule has 0 radical (unpaired) electrons. The normalized spacial score (nSPS) is 9.50. The number of carbonyl (C=O) groups excluding carboxylic acids is 1. The van der Waals surface area contributed by atoms with Crippen molar-refractivity contribution >= 4 is 5.91 Å². The molecular formula is C12H15NO. The molecule has 0 saturated heterocycles. The molecule has 1 rings (SSSR count). The minimum absolute atomic E-state index is 0.129. The third kappa shape index (κ3) is 2.73. The molecule has 2 nitrogen and oxygen atoms in total. The van der Waals surface area contributed by atoms with Gasteiger partial charge in [-0.1, -0.05) is 37.8 Å². The largest absolute Gasteiger partial charge is 0.348 e. The Bertz CT molecular complexity index is 331. The molecule has 0 aliphatic carbocycles. The van der Waals surface area contributed by atoms with Crippen LogP contribution in [-0.4, -0.2) is 5.91 Å². The summed E-state index contributed by atoms with van der Waals surface area (Å²) in [5, 5.41) is 2.77. The standard InChI is InChI=1S/C12H15NO/c1-3-10-7-5-6-8-11(10)9-13-12(14)4-2/h4-8H,2-3,9H2,1H3,(H,13,14). The first-order chi connectivity index (χ1) is 6.77.